The predicted molar refractivity (Wildman–Crippen MR) is 82.0 cm³/mol. The van der Waals surface area contributed by atoms with Crippen LogP contribution in [-0.2, 0) is 6.42 Å². The van der Waals surface area contributed by atoms with Crippen LogP contribution in [0.15, 0.2) is 42.6 Å². The number of aromatic amines is 1. The first-order valence-corrected chi connectivity index (χ1v) is 7.54. The van der Waals surface area contributed by atoms with E-state index in [1.54, 1.807) is 18.3 Å². The second-order valence-electron chi connectivity index (χ2n) is 4.63. The van der Waals surface area contributed by atoms with Crippen LogP contribution >= 0.6 is 22.9 Å². The van der Waals surface area contributed by atoms with Crippen molar-refractivity contribution in [1.29, 1.82) is 0 Å². The molecule has 108 valence electrons. The van der Waals surface area contributed by atoms with Crippen molar-refractivity contribution in [2.24, 2.45) is 0 Å². The van der Waals surface area contributed by atoms with Crippen LogP contribution in [0.4, 0.5) is 4.39 Å². The lowest BCUT2D eigenvalue weighted by molar-refractivity contribution is 0.180. The zero-order valence-electron chi connectivity index (χ0n) is 10.9. The minimum absolute atomic E-state index is 0.298. The summed E-state index contributed by atoms with van der Waals surface area (Å²) >= 11 is 7.34. The molecule has 1 atom stereocenters. The van der Waals surface area contributed by atoms with Gasteiger partial charge in [-0.15, -0.1) is 11.3 Å². The fourth-order valence-electron chi connectivity index (χ4n) is 2.16. The van der Waals surface area contributed by atoms with Crippen LogP contribution in [0, 0.1) is 5.82 Å². The molecule has 0 fully saturated rings. The van der Waals surface area contributed by atoms with Gasteiger partial charge in [0.2, 0.25) is 0 Å². The highest BCUT2D eigenvalue weighted by atomic mass is 35.5. The standard InChI is InChI=1S/C15H12ClFN2OS/c16-14-6-5-11(21-14)7-13(20)12-8-18-19-15(12)9-1-3-10(17)4-2-9/h1-6,8,13,20H,7H2,(H,18,19). The monoisotopic (exact) mass is 322 g/mol. The van der Waals surface area contributed by atoms with Crippen molar-refractivity contribution >= 4 is 22.9 Å². The zero-order valence-corrected chi connectivity index (χ0v) is 12.5. The third kappa shape index (κ3) is 3.15. The fraction of sp³-hybridized carbons (Fsp3) is 0.133. The number of aliphatic hydroxyl groups excluding tert-OH is 1. The third-order valence-corrected chi connectivity index (χ3v) is 4.44. The van der Waals surface area contributed by atoms with Gasteiger partial charge < -0.3 is 5.11 Å². The molecule has 2 aromatic heterocycles. The molecule has 2 heterocycles. The van der Waals surface area contributed by atoms with E-state index in [0.717, 1.165) is 10.4 Å². The maximum Gasteiger partial charge on any atom is 0.123 e. The van der Waals surface area contributed by atoms with Crippen molar-refractivity contribution in [3.05, 3.63) is 63.2 Å². The average Bonchev–Trinajstić information content (AvgIpc) is 3.09. The summed E-state index contributed by atoms with van der Waals surface area (Å²) in [6.07, 6.45) is 1.36. The molecule has 0 bridgehead atoms. The summed E-state index contributed by atoms with van der Waals surface area (Å²) in [5.41, 5.74) is 2.17. The number of thiophene rings is 1. The van der Waals surface area contributed by atoms with E-state index in [1.165, 1.54) is 23.5 Å². The number of aromatic nitrogens is 2. The van der Waals surface area contributed by atoms with Crippen molar-refractivity contribution in [1.82, 2.24) is 10.2 Å². The van der Waals surface area contributed by atoms with Crippen molar-refractivity contribution in [2.45, 2.75) is 12.5 Å². The summed E-state index contributed by atoms with van der Waals surface area (Å²) in [6, 6.07) is 9.78. The summed E-state index contributed by atoms with van der Waals surface area (Å²) in [5, 5.41) is 17.2. The SMILES string of the molecule is OC(Cc1ccc(Cl)s1)c1cn[nH]c1-c1ccc(F)cc1. The number of halogens is 2. The maximum absolute atomic E-state index is 13.0. The van der Waals surface area contributed by atoms with Crippen molar-refractivity contribution in [3.8, 4) is 11.3 Å². The molecule has 1 aromatic carbocycles. The van der Waals surface area contributed by atoms with Gasteiger partial charge in [-0.1, -0.05) is 11.6 Å². The molecule has 0 amide bonds. The molecule has 6 heteroatoms. The molecule has 0 saturated heterocycles. The van der Waals surface area contributed by atoms with Gasteiger partial charge in [-0.3, -0.25) is 5.10 Å². The van der Waals surface area contributed by atoms with Crippen molar-refractivity contribution in [2.75, 3.05) is 0 Å². The predicted octanol–water partition coefficient (Wildman–Crippen LogP) is 4.21. The van der Waals surface area contributed by atoms with Crippen LogP contribution in [-0.4, -0.2) is 15.3 Å². The Balaban J connectivity index is 1.86. The molecule has 3 rings (SSSR count). The summed E-state index contributed by atoms with van der Waals surface area (Å²) in [7, 11) is 0. The van der Waals surface area contributed by atoms with Crippen LogP contribution in [0.2, 0.25) is 4.34 Å². The highest BCUT2D eigenvalue weighted by Gasteiger charge is 2.17. The molecule has 0 saturated carbocycles. The topological polar surface area (TPSA) is 48.9 Å². The van der Waals surface area contributed by atoms with Crippen LogP contribution in [0.25, 0.3) is 11.3 Å². The lowest BCUT2D eigenvalue weighted by Crippen LogP contribution is -2.01. The van der Waals surface area contributed by atoms with Crippen LogP contribution < -0.4 is 0 Å². The molecule has 3 aromatic rings. The zero-order chi connectivity index (χ0) is 14.8. The number of benzene rings is 1. The lowest BCUT2D eigenvalue weighted by atomic mass is 10.0. The third-order valence-electron chi connectivity index (χ3n) is 3.18. The first-order chi connectivity index (χ1) is 10.1. The summed E-state index contributed by atoms with van der Waals surface area (Å²) in [6.45, 7) is 0. The van der Waals surface area contributed by atoms with Gasteiger partial charge in [0, 0.05) is 22.4 Å². The van der Waals surface area contributed by atoms with Gasteiger partial charge in [0.15, 0.2) is 0 Å². The van der Waals surface area contributed by atoms with Gasteiger partial charge in [-0.25, -0.2) is 4.39 Å². The Morgan fingerprint density at radius 2 is 2.00 bits per heavy atom. The van der Waals surface area contributed by atoms with Crippen LogP contribution in [0.5, 0.6) is 0 Å². The number of H-pyrrole nitrogens is 1. The molecule has 3 nitrogen and oxygen atoms in total. The van der Waals surface area contributed by atoms with Crippen LogP contribution in [0.3, 0.4) is 0 Å². The highest BCUT2D eigenvalue weighted by molar-refractivity contribution is 7.16. The van der Waals surface area contributed by atoms with E-state index in [0.29, 0.717) is 22.0 Å². The quantitative estimate of drug-likeness (QED) is 0.756. The molecule has 0 aliphatic heterocycles. The van der Waals surface area contributed by atoms with E-state index in [-0.39, 0.29) is 5.82 Å². The van der Waals surface area contributed by atoms with Gasteiger partial charge in [0.05, 0.1) is 22.3 Å². The number of nitrogens with one attached hydrogen (secondary N) is 1. The Kier molecular flexibility index (Phi) is 4.05. The molecular weight excluding hydrogens is 311 g/mol. The van der Waals surface area contributed by atoms with E-state index in [9.17, 15) is 9.50 Å². The molecule has 0 aliphatic carbocycles. The Morgan fingerprint density at radius 3 is 2.67 bits per heavy atom. The molecule has 0 aliphatic rings. The maximum atomic E-state index is 13.0. The van der Waals surface area contributed by atoms with Gasteiger partial charge in [0.1, 0.15) is 5.82 Å². The van der Waals surface area contributed by atoms with Gasteiger partial charge in [0.25, 0.3) is 0 Å². The number of hydrogen-bond donors (Lipinski definition) is 2. The molecule has 21 heavy (non-hydrogen) atoms. The number of hydrogen-bond acceptors (Lipinski definition) is 3. The smallest absolute Gasteiger partial charge is 0.123 e. The normalized spacial score (nSPS) is 12.5. The van der Waals surface area contributed by atoms with E-state index in [2.05, 4.69) is 10.2 Å². The summed E-state index contributed by atoms with van der Waals surface area (Å²) in [4.78, 5) is 0.999. The Bertz CT molecular complexity index is 738. The second kappa shape index (κ2) is 5.97. The number of nitrogens with zero attached hydrogens (tertiary/aromatic N) is 1. The van der Waals surface area contributed by atoms with Gasteiger partial charge in [-0.05, 0) is 36.4 Å². The van der Waals surface area contributed by atoms with E-state index in [1.807, 2.05) is 12.1 Å². The first-order valence-electron chi connectivity index (χ1n) is 6.35. The van der Waals surface area contributed by atoms with Gasteiger partial charge >= 0.3 is 0 Å². The second-order valence-corrected chi connectivity index (χ2v) is 6.43. The lowest BCUT2D eigenvalue weighted by Gasteiger charge is -2.10. The van der Waals surface area contributed by atoms with Crippen molar-refractivity contribution in [3.63, 3.8) is 0 Å². The van der Waals surface area contributed by atoms with E-state index in [4.69, 9.17) is 11.6 Å². The summed E-state index contributed by atoms with van der Waals surface area (Å²) < 4.78 is 13.7. The molecule has 1 unspecified atom stereocenters. The fourth-order valence-corrected chi connectivity index (χ4v) is 3.28. The van der Waals surface area contributed by atoms with Gasteiger partial charge in [-0.2, -0.15) is 5.10 Å². The first kappa shape index (κ1) is 14.3. The molecule has 0 radical (unpaired) electrons. The van der Waals surface area contributed by atoms with Crippen molar-refractivity contribution < 1.29 is 9.50 Å². The Hall–Kier alpha value is -1.69. The Morgan fingerprint density at radius 1 is 1.24 bits per heavy atom. The minimum Gasteiger partial charge on any atom is -0.388 e. The molecular formula is C15H12ClFN2OS. The van der Waals surface area contributed by atoms with E-state index >= 15 is 0 Å². The Labute approximate surface area is 130 Å². The number of rotatable bonds is 4. The highest BCUT2D eigenvalue weighted by Crippen LogP contribution is 2.31. The average molecular weight is 323 g/mol. The molecule has 0 spiro atoms. The van der Waals surface area contributed by atoms with E-state index < -0.39 is 6.10 Å². The number of aliphatic hydroxyl groups is 1. The summed E-state index contributed by atoms with van der Waals surface area (Å²) in [5.74, 6) is -0.298. The minimum atomic E-state index is -0.696. The molecule has 2 N–H and O–H groups in total. The van der Waals surface area contributed by atoms with Crippen LogP contribution in [0.1, 0.15) is 16.5 Å². The largest absolute Gasteiger partial charge is 0.388 e.